The lowest BCUT2D eigenvalue weighted by Gasteiger charge is -2.28. The number of hydrogen-bond donors (Lipinski definition) is 1. The van der Waals surface area contributed by atoms with Crippen molar-refractivity contribution in [2.75, 3.05) is 20.8 Å². The minimum absolute atomic E-state index is 0.0523. The van der Waals surface area contributed by atoms with Crippen LogP contribution in [0.15, 0.2) is 12.1 Å². The van der Waals surface area contributed by atoms with E-state index >= 15 is 0 Å². The highest BCUT2D eigenvalue weighted by atomic mass is 31.2. The number of benzene rings is 1. The van der Waals surface area contributed by atoms with E-state index in [1.807, 2.05) is 39.8 Å². The summed E-state index contributed by atoms with van der Waals surface area (Å²) in [6, 6.07) is 3.79. The van der Waals surface area contributed by atoms with E-state index in [0.29, 0.717) is 18.7 Å². The fraction of sp³-hybridized carbons (Fsp3) is 0.625. The largest absolute Gasteiger partial charge is 0.496 e. The van der Waals surface area contributed by atoms with Gasteiger partial charge < -0.3 is 19.8 Å². The van der Waals surface area contributed by atoms with E-state index in [1.54, 1.807) is 14.2 Å². The number of nitrogens with two attached hydrogens (primary N) is 1. The van der Waals surface area contributed by atoms with Crippen LogP contribution in [-0.4, -0.2) is 32.1 Å². The van der Waals surface area contributed by atoms with Crippen molar-refractivity contribution in [3.8, 4) is 11.5 Å². The number of methoxy groups -OCH3 is 2. The van der Waals surface area contributed by atoms with E-state index in [9.17, 15) is 4.57 Å². The van der Waals surface area contributed by atoms with Crippen molar-refractivity contribution < 1.29 is 14.0 Å². The third-order valence-electron chi connectivity index (χ3n) is 3.91. The molecule has 1 rings (SSSR count). The van der Waals surface area contributed by atoms with Crippen LogP contribution in [0.1, 0.15) is 33.3 Å². The summed E-state index contributed by atoms with van der Waals surface area (Å²) in [6.45, 7) is 8.53. The van der Waals surface area contributed by atoms with E-state index in [4.69, 9.17) is 15.2 Å². The van der Waals surface area contributed by atoms with Crippen molar-refractivity contribution in [3.63, 3.8) is 0 Å². The maximum Gasteiger partial charge on any atom is 0.130 e. The molecule has 0 atom stereocenters. The molecule has 0 aliphatic rings. The summed E-state index contributed by atoms with van der Waals surface area (Å²) in [5, 5.41) is 0.771. The third kappa shape index (κ3) is 3.44. The van der Waals surface area contributed by atoms with Crippen LogP contribution in [0.25, 0.3) is 0 Å². The topological polar surface area (TPSA) is 61.5 Å². The summed E-state index contributed by atoms with van der Waals surface area (Å²) in [5.74, 6) is 1.41. The molecule has 0 amide bonds. The molecule has 1 aromatic carbocycles. The quantitative estimate of drug-likeness (QED) is 0.786. The molecule has 5 heteroatoms. The highest BCUT2D eigenvalue weighted by molar-refractivity contribution is 7.73. The monoisotopic (exact) mass is 313 g/mol. The Hall–Kier alpha value is -0.990. The molecule has 0 fully saturated rings. The van der Waals surface area contributed by atoms with Crippen molar-refractivity contribution in [1.82, 2.24) is 0 Å². The van der Waals surface area contributed by atoms with Crippen molar-refractivity contribution in [2.45, 2.75) is 45.4 Å². The Morgan fingerprint density at radius 3 is 1.95 bits per heavy atom. The lowest BCUT2D eigenvalue weighted by Crippen LogP contribution is -2.22. The zero-order valence-corrected chi connectivity index (χ0v) is 14.9. The summed E-state index contributed by atoms with van der Waals surface area (Å²) in [5.41, 5.74) is 6.74. The van der Waals surface area contributed by atoms with E-state index in [-0.39, 0.29) is 11.3 Å². The van der Waals surface area contributed by atoms with Crippen LogP contribution in [0.3, 0.4) is 0 Å². The molecule has 1 aromatic rings. The van der Waals surface area contributed by atoms with Crippen LogP contribution in [0.5, 0.6) is 11.5 Å². The maximum absolute atomic E-state index is 13.6. The van der Waals surface area contributed by atoms with Gasteiger partial charge in [-0.2, -0.15) is 0 Å². The summed E-state index contributed by atoms with van der Waals surface area (Å²) in [6.07, 6.45) is 0.702. The standard InChI is InChI=1S/C16H28NO3P/c1-11(2)21(18,12(3)4)16-10-14(19-5)13(7-8-17)9-15(16)20-6/h9-12H,7-8,17H2,1-6H3. The van der Waals surface area contributed by atoms with E-state index < -0.39 is 7.14 Å². The first-order chi connectivity index (χ1) is 9.82. The zero-order valence-electron chi connectivity index (χ0n) is 14.0. The molecule has 2 N–H and O–H groups in total. The Morgan fingerprint density at radius 1 is 1.05 bits per heavy atom. The van der Waals surface area contributed by atoms with Crippen LogP contribution in [-0.2, 0) is 11.0 Å². The molecule has 0 unspecified atom stereocenters. The van der Waals surface area contributed by atoms with Crippen LogP contribution in [0.4, 0.5) is 0 Å². The fourth-order valence-electron chi connectivity index (χ4n) is 2.72. The Morgan fingerprint density at radius 2 is 1.57 bits per heavy atom. The van der Waals surface area contributed by atoms with Gasteiger partial charge in [0, 0.05) is 11.3 Å². The van der Waals surface area contributed by atoms with Gasteiger partial charge in [0.25, 0.3) is 0 Å². The first-order valence-corrected chi connectivity index (χ1v) is 9.22. The molecule has 0 aliphatic carbocycles. The average Bonchev–Trinajstić information content (AvgIpc) is 2.45. The Balaban J connectivity index is 3.58. The molecule has 0 bridgehead atoms. The summed E-state index contributed by atoms with van der Waals surface area (Å²) >= 11 is 0. The first-order valence-electron chi connectivity index (χ1n) is 7.37. The Kier molecular flexibility index (Phi) is 6.30. The molecule has 21 heavy (non-hydrogen) atoms. The SMILES string of the molecule is COc1cc(P(=O)(C(C)C)C(C)C)c(OC)cc1CCN. The molecule has 0 aliphatic heterocycles. The van der Waals surface area contributed by atoms with Gasteiger partial charge in [0.05, 0.1) is 19.5 Å². The summed E-state index contributed by atoms with van der Waals surface area (Å²) in [7, 11) is 0.655. The lowest BCUT2D eigenvalue weighted by atomic mass is 10.1. The van der Waals surface area contributed by atoms with Crippen LogP contribution in [0, 0.1) is 0 Å². The van der Waals surface area contributed by atoms with Gasteiger partial charge in [-0.25, -0.2) is 0 Å². The fourth-order valence-corrected chi connectivity index (χ4v) is 5.85. The molecule has 0 spiro atoms. The van der Waals surface area contributed by atoms with Gasteiger partial charge in [0.15, 0.2) is 0 Å². The molecule has 120 valence electrons. The number of rotatable bonds is 7. The van der Waals surface area contributed by atoms with Crippen molar-refractivity contribution in [2.24, 2.45) is 5.73 Å². The smallest absolute Gasteiger partial charge is 0.130 e. The number of ether oxygens (including phenoxy) is 2. The minimum Gasteiger partial charge on any atom is -0.496 e. The molecular weight excluding hydrogens is 285 g/mol. The molecule has 0 saturated heterocycles. The molecular formula is C16H28NO3P. The van der Waals surface area contributed by atoms with Gasteiger partial charge in [0.1, 0.15) is 18.6 Å². The lowest BCUT2D eigenvalue weighted by molar-refractivity contribution is 0.401. The van der Waals surface area contributed by atoms with Gasteiger partial charge in [0.2, 0.25) is 0 Å². The summed E-state index contributed by atoms with van der Waals surface area (Å²) in [4.78, 5) is 0. The zero-order chi connectivity index (χ0) is 16.2. The first kappa shape index (κ1) is 18.1. The average molecular weight is 313 g/mol. The molecule has 4 nitrogen and oxygen atoms in total. The molecule has 0 radical (unpaired) electrons. The Bertz CT molecular complexity index is 514. The van der Waals surface area contributed by atoms with Gasteiger partial charge in [-0.05, 0) is 30.7 Å². The summed E-state index contributed by atoms with van der Waals surface area (Å²) < 4.78 is 24.5. The second kappa shape index (κ2) is 7.33. The van der Waals surface area contributed by atoms with Crippen LogP contribution < -0.4 is 20.5 Å². The normalized spacial score (nSPS) is 12.0. The second-order valence-electron chi connectivity index (χ2n) is 5.77. The third-order valence-corrected chi connectivity index (χ3v) is 8.08. The predicted molar refractivity (Wildman–Crippen MR) is 89.8 cm³/mol. The Labute approximate surface area is 128 Å². The van der Waals surface area contributed by atoms with E-state index in [1.165, 1.54) is 0 Å². The van der Waals surface area contributed by atoms with Gasteiger partial charge in [-0.1, -0.05) is 27.7 Å². The van der Waals surface area contributed by atoms with Gasteiger partial charge in [-0.3, -0.25) is 0 Å². The highest BCUT2D eigenvalue weighted by Crippen LogP contribution is 2.56. The van der Waals surface area contributed by atoms with Gasteiger partial charge in [-0.15, -0.1) is 0 Å². The van der Waals surface area contributed by atoms with E-state index in [2.05, 4.69) is 0 Å². The van der Waals surface area contributed by atoms with Gasteiger partial charge >= 0.3 is 0 Å². The second-order valence-corrected chi connectivity index (χ2v) is 9.74. The van der Waals surface area contributed by atoms with Crippen LogP contribution >= 0.6 is 7.14 Å². The molecule has 0 saturated carbocycles. The van der Waals surface area contributed by atoms with Crippen LogP contribution in [0.2, 0.25) is 0 Å². The molecule has 0 heterocycles. The predicted octanol–water partition coefficient (Wildman–Crippen LogP) is 3.01. The molecule has 0 aromatic heterocycles. The number of hydrogen-bond acceptors (Lipinski definition) is 4. The van der Waals surface area contributed by atoms with Crippen molar-refractivity contribution >= 4 is 12.4 Å². The highest BCUT2D eigenvalue weighted by Gasteiger charge is 2.36. The minimum atomic E-state index is -2.58. The van der Waals surface area contributed by atoms with E-state index in [0.717, 1.165) is 16.6 Å². The maximum atomic E-state index is 13.6. The van der Waals surface area contributed by atoms with Crippen molar-refractivity contribution in [3.05, 3.63) is 17.7 Å². The van der Waals surface area contributed by atoms with Crippen molar-refractivity contribution in [1.29, 1.82) is 0 Å².